The highest BCUT2D eigenvalue weighted by molar-refractivity contribution is 5.83. The van der Waals surface area contributed by atoms with Gasteiger partial charge in [0.25, 0.3) is 0 Å². The van der Waals surface area contributed by atoms with Gasteiger partial charge in [0.1, 0.15) is 5.78 Å². The van der Waals surface area contributed by atoms with E-state index in [1.807, 2.05) is 0 Å². The molecule has 15 heavy (non-hydrogen) atoms. The van der Waals surface area contributed by atoms with Crippen LogP contribution in [0.3, 0.4) is 0 Å². The van der Waals surface area contributed by atoms with Gasteiger partial charge in [0.2, 0.25) is 0 Å². The van der Waals surface area contributed by atoms with E-state index in [1.54, 1.807) is 0 Å². The van der Waals surface area contributed by atoms with E-state index >= 15 is 0 Å². The second kappa shape index (κ2) is 3.89. The molecule has 1 saturated heterocycles. The average Bonchev–Trinajstić information content (AvgIpc) is 1.99. The van der Waals surface area contributed by atoms with Crippen LogP contribution in [0, 0.1) is 16.7 Å². The summed E-state index contributed by atoms with van der Waals surface area (Å²) in [7, 11) is 0. The molecule has 0 bridgehead atoms. The minimum absolute atomic E-state index is 0.00451. The lowest BCUT2D eigenvalue weighted by molar-refractivity contribution is -0.156. The topological polar surface area (TPSA) is 26.3 Å². The van der Waals surface area contributed by atoms with Crippen molar-refractivity contribution in [3.63, 3.8) is 0 Å². The lowest BCUT2D eigenvalue weighted by atomic mass is 9.66. The molecule has 2 heteroatoms. The van der Waals surface area contributed by atoms with E-state index in [4.69, 9.17) is 4.74 Å². The summed E-state index contributed by atoms with van der Waals surface area (Å²) in [6.07, 6.45) is 0.632. The lowest BCUT2D eigenvalue weighted by Crippen LogP contribution is -2.50. The predicted molar refractivity (Wildman–Crippen MR) is 61.8 cm³/mol. The van der Waals surface area contributed by atoms with E-state index < -0.39 is 0 Å². The van der Waals surface area contributed by atoms with Crippen molar-refractivity contribution in [2.24, 2.45) is 16.7 Å². The SMILES string of the molecule is CC(C)(C)C1OCCC(=O)C1C(C)(C)C. The molecule has 0 aromatic rings. The number of Topliss-reactive ketones (excluding diaryl/α,β-unsaturated/α-hetero) is 1. The summed E-state index contributed by atoms with van der Waals surface area (Å²) in [6.45, 7) is 13.4. The molecule has 1 aliphatic heterocycles. The lowest BCUT2D eigenvalue weighted by Gasteiger charge is -2.45. The van der Waals surface area contributed by atoms with Crippen molar-refractivity contribution >= 4 is 5.78 Å². The first-order valence-electron chi connectivity index (χ1n) is 5.78. The number of carbonyl (C=O) groups is 1. The Balaban J connectivity index is 2.98. The Bertz CT molecular complexity index is 242. The smallest absolute Gasteiger partial charge is 0.141 e. The zero-order valence-corrected chi connectivity index (χ0v) is 10.9. The van der Waals surface area contributed by atoms with Crippen molar-refractivity contribution in [3.05, 3.63) is 0 Å². The van der Waals surface area contributed by atoms with Crippen LogP contribution in [0.5, 0.6) is 0 Å². The second-order valence-electron chi connectivity index (χ2n) is 6.72. The summed E-state index contributed by atoms with van der Waals surface area (Å²) in [5.41, 5.74) is 0.0312. The molecule has 0 spiro atoms. The van der Waals surface area contributed by atoms with Crippen LogP contribution < -0.4 is 0 Å². The van der Waals surface area contributed by atoms with E-state index in [-0.39, 0.29) is 22.9 Å². The summed E-state index contributed by atoms with van der Waals surface area (Å²) in [5.74, 6) is 0.403. The highest BCUT2D eigenvalue weighted by Gasteiger charge is 2.45. The quantitative estimate of drug-likeness (QED) is 0.617. The molecule has 1 heterocycles. The standard InChI is InChI=1S/C13H24O2/c1-12(2,3)10-9(14)7-8-15-11(10)13(4,5)6/h10-11H,7-8H2,1-6H3. The summed E-state index contributed by atoms with van der Waals surface area (Å²) in [5, 5.41) is 0. The Labute approximate surface area is 93.4 Å². The van der Waals surface area contributed by atoms with Gasteiger partial charge in [-0.2, -0.15) is 0 Å². The van der Waals surface area contributed by atoms with E-state index in [9.17, 15) is 4.79 Å². The van der Waals surface area contributed by atoms with E-state index in [1.165, 1.54) is 0 Å². The third-order valence-electron chi connectivity index (χ3n) is 3.08. The maximum Gasteiger partial charge on any atom is 0.141 e. The van der Waals surface area contributed by atoms with Crippen molar-refractivity contribution in [2.75, 3.05) is 6.61 Å². The van der Waals surface area contributed by atoms with Crippen LogP contribution in [-0.4, -0.2) is 18.5 Å². The summed E-state index contributed by atoms with van der Waals surface area (Å²) in [6, 6.07) is 0. The molecular formula is C13H24O2. The number of hydrogen-bond donors (Lipinski definition) is 0. The Morgan fingerprint density at radius 1 is 1.07 bits per heavy atom. The monoisotopic (exact) mass is 212 g/mol. The molecule has 0 saturated carbocycles. The molecule has 0 aromatic carbocycles. The second-order valence-corrected chi connectivity index (χ2v) is 6.72. The Hall–Kier alpha value is -0.370. The molecule has 1 fully saturated rings. The molecule has 2 nitrogen and oxygen atoms in total. The molecule has 0 aromatic heterocycles. The maximum atomic E-state index is 12.0. The maximum absolute atomic E-state index is 12.0. The fraction of sp³-hybridized carbons (Fsp3) is 0.923. The van der Waals surface area contributed by atoms with Crippen LogP contribution in [0.4, 0.5) is 0 Å². The van der Waals surface area contributed by atoms with Crippen molar-refractivity contribution in [2.45, 2.75) is 54.1 Å². The number of carbonyl (C=O) groups excluding carboxylic acids is 1. The van der Waals surface area contributed by atoms with Crippen molar-refractivity contribution in [1.29, 1.82) is 0 Å². The number of rotatable bonds is 0. The molecule has 88 valence electrons. The van der Waals surface area contributed by atoms with E-state index in [0.29, 0.717) is 18.8 Å². The first kappa shape index (κ1) is 12.7. The molecule has 1 rings (SSSR count). The fourth-order valence-corrected chi connectivity index (χ4v) is 2.39. The summed E-state index contributed by atoms with van der Waals surface area (Å²) < 4.78 is 5.83. The zero-order valence-electron chi connectivity index (χ0n) is 10.9. The van der Waals surface area contributed by atoms with Gasteiger partial charge in [-0.15, -0.1) is 0 Å². The third-order valence-corrected chi connectivity index (χ3v) is 3.08. The van der Waals surface area contributed by atoms with Crippen LogP contribution in [0.2, 0.25) is 0 Å². The van der Waals surface area contributed by atoms with Gasteiger partial charge >= 0.3 is 0 Å². The number of hydrogen-bond acceptors (Lipinski definition) is 2. The van der Waals surface area contributed by atoms with Crippen LogP contribution in [-0.2, 0) is 9.53 Å². The van der Waals surface area contributed by atoms with E-state index in [0.717, 1.165) is 0 Å². The molecule has 2 unspecified atom stereocenters. The molecule has 1 aliphatic rings. The van der Waals surface area contributed by atoms with Crippen LogP contribution in [0.1, 0.15) is 48.0 Å². The molecule has 0 N–H and O–H groups in total. The van der Waals surface area contributed by atoms with Gasteiger partial charge in [0.15, 0.2) is 0 Å². The molecule has 0 aliphatic carbocycles. The highest BCUT2D eigenvalue weighted by atomic mass is 16.5. The van der Waals surface area contributed by atoms with Crippen molar-refractivity contribution < 1.29 is 9.53 Å². The fourth-order valence-electron chi connectivity index (χ4n) is 2.39. The van der Waals surface area contributed by atoms with Gasteiger partial charge < -0.3 is 4.74 Å². The first-order valence-corrected chi connectivity index (χ1v) is 5.78. The largest absolute Gasteiger partial charge is 0.376 e. The normalized spacial score (nSPS) is 29.3. The van der Waals surface area contributed by atoms with Gasteiger partial charge in [-0.25, -0.2) is 0 Å². The minimum atomic E-state index is -0.00451. The van der Waals surface area contributed by atoms with Crippen LogP contribution >= 0.6 is 0 Å². The Morgan fingerprint density at radius 2 is 1.60 bits per heavy atom. The Kier molecular flexibility index (Phi) is 3.30. The molecule has 0 radical (unpaired) electrons. The first-order chi connectivity index (χ1) is 6.64. The zero-order chi connectivity index (χ0) is 11.9. The van der Waals surface area contributed by atoms with Crippen molar-refractivity contribution in [1.82, 2.24) is 0 Å². The number of ether oxygens (including phenoxy) is 1. The van der Waals surface area contributed by atoms with Gasteiger partial charge in [-0.1, -0.05) is 41.5 Å². The molecule has 0 amide bonds. The molecular weight excluding hydrogens is 188 g/mol. The van der Waals surface area contributed by atoms with Gasteiger partial charge in [0, 0.05) is 12.3 Å². The predicted octanol–water partition coefficient (Wildman–Crippen LogP) is 3.05. The van der Waals surface area contributed by atoms with E-state index in [2.05, 4.69) is 41.5 Å². The van der Waals surface area contributed by atoms with Gasteiger partial charge in [0.05, 0.1) is 12.7 Å². The summed E-state index contributed by atoms with van der Waals surface area (Å²) >= 11 is 0. The third kappa shape index (κ3) is 2.81. The average molecular weight is 212 g/mol. The number of ketones is 1. The highest BCUT2D eigenvalue weighted by Crippen LogP contribution is 2.41. The van der Waals surface area contributed by atoms with Crippen LogP contribution in [0.25, 0.3) is 0 Å². The Morgan fingerprint density at radius 3 is 1.93 bits per heavy atom. The molecule has 2 atom stereocenters. The van der Waals surface area contributed by atoms with Gasteiger partial charge in [-0.05, 0) is 10.8 Å². The van der Waals surface area contributed by atoms with Crippen molar-refractivity contribution in [3.8, 4) is 0 Å². The minimum Gasteiger partial charge on any atom is -0.376 e. The van der Waals surface area contributed by atoms with Gasteiger partial charge in [-0.3, -0.25) is 4.79 Å². The van der Waals surface area contributed by atoms with Crippen LogP contribution in [0.15, 0.2) is 0 Å². The summed E-state index contributed by atoms with van der Waals surface area (Å²) in [4.78, 5) is 12.0.